The monoisotopic (exact) mass is 458 g/mol. The number of halogens is 2. The van der Waals surface area contributed by atoms with Crippen molar-refractivity contribution in [1.82, 2.24) is 10.0 Å². The summed E-state index contributed by atoms with van der Waals surface area (Å²) in [5, 5.41) is 11.1. The van der Waals surface area contributed by atoms with E-state index >= 15 is 0 Å². The van der Waals surface area contributed by atoms with Crippen LogP contribution < -0.4 is 14.8 Å². The van der Waals surface area contributed by atoms with Crippen LogP contribution in [0.5, 0.6) is 5.75 Å². The molecule has 2 rings (SSSR count). The van der Waals surface area contributed by atoms with Crippen LogP contribution in [0, 0.1) is 0 Å². The number of benzene rings is 2. The molecule has 2 atom stereocenters. The van der Waals surface area contributed by atoms with E-state index in [-0.39, 0.29) is 17.2 Å². The molecule has 0 saturated carbocycles. The molecule has 3 N–H and O–H groups in total. The molecule has 0 saturated heterocycles. The first-order valence-electron chi connectivity index (χ1n) is 8.76. The van der Waals surface area contributed by atoms with Crippen LogP contribution in [0.4, 0.5) is 4.39 Å². The molecule has 0 aliphatic heterocycles. The molecule has 11 heteroatoms. The number of hydrogen-bond acceptors (Lipinski definition) is 5. The summed E-state index contributed by atoms with van der Waals surface area (Å²) in [5.74, 6) is -2.44. The van der Waals surface area contributed by atoms with Gasteiger partial charge in [-0.05, 0) is 55.3 Å². The van der Waals surface area contributed by atoms with Gasteiger partial charge in [-0.2, -0.15) is 4.39 Å². The summed E-state index contributed by atoms with van der Waals surface area (Å²) in [6.07, 6.45) is -2.01. The number of carbonyl (C=O) groups excluding carboxylic acids is 1. The minimum atomic E-state index is -3.67. The molecule has 2 aromatic carbocycles. The highest BCUT2D eigenvalue weighted by molar-refractivity contribution is 7.89. The van der Waals surface area contributed by atoms with E-state index in [1.165, 1.54) is 43.3 Å². The van der Waals surface area contributed by atoms with Gasteiger partial charge in [0.1, 0.15) is 11.8 Å². The Morgan fingerprint density at radius 1 is 1.13 bits per heavy atom. The Labute approximate surface area is 178 Å². The third-order valence-electron chi connectivity index (χ3n) is 3.93. The first-order valence-corrected chi connectivity index (χ1v) is 10.6. The van der Waals surface area contributed by atoms with Gasteiger partial charge < -0.3 is 15.2 Å². The highest BCUT2D eigenvalue weighted by Gasteiger charge is 2.23. The maximum atomic E-state index is 13.8. The summed E-state index contributed by atoms with van der Waals surface area (Å²) in [6, 6.07) is 10.5. The summed E-state index contributed by atoms with van der Waals surface area (Å²) in [4.78, 5) is 22.3. The fourth-order valence-corrected chi connectivity index (χ4v) is 3.43. The zero-order chi connectivity index (χ0) is 22.3. The SMILES string of the molecule is CC(NC(=O)C(F)Oc1ccc(CCNS(=O)(=O)c2ccc(Cl)cc2)cc1)C(=O)O. The molecule has 1 amide bonds. The average Bonchev–Trinajstić information content (AvgIpc) is 2.69. The lowest BCUT2D eigenvalue weighted by Crippen LogP contribution is -2.44. The number of aliphatic carboxylic acids is 1. The van der Waals surface area contributed by atoms with E-state index < -0.39 is 34.3 Å². The van der Waals surface area contributed by atoms with Crippen LogP contribution in [0.1, 0.15) is 12.5 Å². The van der Waals surface area contributed by atoms with Gasteiger partial charge in [-0.3, -0.25) is 9.59 Å². The Morgan fingerprint density at radius 2 is 1.73 bits per heavy atom. The van der Waals surface area contributed by atoms with Crippen LogP contribution in [-0.2, 0) is 26.0 Å². The van der Waals surface area contributed by atoms with Gasteiger partial charge in [0, 0.05) is 11.6 Å². The summed E-state index contributed by atoms with van der Waals surface area (Å²) in [6.45, 7) is 1.33. The number of alkyl halides is 1. The number of sulfonamides is 1. The second-order valence-electron chi connectivity index (χ2n) is 6.25. The number of rotatable bonds is 10. The van der Waals surface area contributed by atoms with Crippen LogP contribution in [0.15, 0.2) is 53.4 Å². The van der Waals surface area contributed by atoms with Crippen molar-refractivity contribution in [3.8, 4) is 5.75 Å². The predicted molar refractivity (Wildman–Crippen MR) is 108 cm³/mol. The van der Waals surface area contributed by atoms with Gasteiger partial charge in [-0.1, -0.05) is 23.7 Å². The van der Waals surface area contributed by atoms with Crippen molar-refractivity contribution in [2.45, 2.75) is 30.6 Å². The van der Waals surface area contributed by atoms with Crippen molar-refractivity contribution in [3.63, 3.8) is 0 Å². The first kappa shape index (κ1) is 23.6. The van der Waals surface area contributed by atoms with Gasteiger partial charge in [0.2, 0.25) is 10.0 Å². The van der Waals surface area contributed by atoms with Crippen LogP contribution in [0.2, 0.25) is 5.02 Å². The Balaban J connectivity index is 1.85. The Morgan fingerprint density at radius 3 is 2.30 bits per heavy atom. The smallest absolute Gasteiger partial charge is 0.325 e. The minimum Gasteiger partial charge on any atom is -0.480 e. The molecule has 0 aromatic heterocycles. The van der Waals surface area contributed by atoms with Crippen LogP contribution >= 0.6 is 11.6 Å². The number of ether oxygens (including phenoxy) is 1. The van der Waals surface area contributed by atoms with E-state index in [2.05, 4.69) is 4.72 Å². The lowest BCUT2D eigenvalue weighted by atomic mass is 10.1. The minimum absolute atomic E-state index is 0.0612. The van der Waals surface area contributed by atoms with Gasteiger partial charge in [0.15, 0.2) is 0 Å². The van der Waals surface area contributed by atoms with Gasteiger partial charge in [0.05, 0.1) is 4.90 Å². The second kappa shape index (κ2) is 10.4. The molecular formula is C19H20ClFN2O6S. The van der Waals surface area contributed by atoms with Crippen molar-refractivity contribution in [2.75, 3.05) is 6.54 Å². The van der Waals surface area contributed by atoms with Crippen molar-refractivity contribution in [1.29, 1.82) is 0 Å². The number of nitrogens with one attached hydrogen (secondary N) is 2. The summed E-state index contributed by atoms with van der Waals surface area (Å²) >= 11 is 5.75. The van der Waals surface area contributed by atoms with E-state index in [4.69, 9.17) is 21.4 Å². The van der Waals surface area contributed by atoms with E-state index in [1.807, 2.05) is 5.32 Å². The van der Waals surface area contributed by atoms with E-state index in [1.54, 1.807) is 12.1 Å². The first-order chi connectivity index (χ1) is 14.1. The average molecular weight is 459 g/mol. The molecule has 2 aromatic rings. The van der Waals surface area contributed by atoms with Gasteiger partial charge >= 0.3 is 12.3 Å². The number of carboxylic acids is 1. The number of hydrogen-bond donors (Lipinski definition) is 3. The summed E-state index contributed by atoms with van der Waals surface area (Å²) in [7, 11) is -3.67. The molecule has 0 spiro atoms. The van der Waals surface area contributed by atoms with Gasteiger partial charge in [-0.25, -0.2) is 13.1 Å². The fourth-order valence-electron chi connectivity index (χ4n) is 2.28. The van der Waals surface area contributed by atoms with Crippen molar-refractivity contribution in [3.05, 3.63) is 59.1 Å². The lowest BCUT2D eigenvalue weighted by molar-refractivity contribution is -0.144. The highest BCUT2D eigenvalue weighted by Crippen LogP contribution is 2.16. The number of carboxylic acid groups (broad SMARTS) is 1. The van der Waals surface area contributed by atoms with Crippen molar-refractivity contribution in [2.24, 2.45) is 0 Å². The Hall–Kier alpha value is -2.69. The van der Waals surface area contributed by atoms with Crippen LogP contribution in [0.25, 0.3) is 0 Å². The second-order valence-corrected chi connectivity index (χ2v) is 8.45. The zero-order valence-corrected chi connectivity index (χ0v) is 17.4. The van der Waals surface area contributed by atoms with Gasteiger partial charge in [0.25, 0.3) is 5.91 Å². The molecule has 8 nitrogen and oxygen atoms in total. The van der Waals surface area contributed by atoms with Crippen LogP contribution in [0.3, 0.4) is 0 Å². The van der Waals surface area contributed by atoms with Crippen molar-refractivity contribution < 1.29 is 32.2 Å². The molecule has 0 heterocycles. The molecule has 2 unspecified atom stereocenters. The fraction of sp³-hybridized carbons (Fsp3) is 0.263. The van der Waals surface area contributed by atoms with E-state index in [9.17, 15) is 22.4 Å². The maximum Gasteiger partial charge on any atom is 0.325 e. The molecular weight excluding hydrogens is 439 g/mol. The Kier molecular flexibility index (Phi) is 8.16. The maximum absolute atomic E-state index is 13.8. The largest absolute Gasteiger partial charge is 0.480 e. The van der Waals surface area contributed by atoms with E-state index in [0.29, 0.717) is 11.4 Å². The quantitative estimate of drug-likeness (QED) is 0.501. The summed E-state index contributed by atoms with van der Waals surface area (Å²) in [5.41, 5.74) is 0.750. The van der Waals surface area contributed by atoms with Gasteiger partial charge in [-0.15, -0.1) is 0 Å². The number of amides is 1. The molecule has 30 heavy (non-hydrogen) atoms. The highest BCUT2D eigenvalue weighted by atomic mass is 35.5. The molecule has 0 radical (unpaired) electrons. The van der Waals surface area contributed by atoms with Crippen molar-refractivity contribution >= 4 is 33.5 Å². The third-order valence-corrected chi connectivity index (χ3v) is 5.66. The normalized spacial score (nSPS) is 13.3. The molecule has 0 bridgehead atoms. The molecule has 0 fully saturated rings. The van der Waals surface area contributed by atoms with E-state index in [0.717, 1.165) is 5.56 Å². The number of carbonyl (C=O) groups is 2. The lowest BCUT2D eigenvalue weighted by Gasteiger charge is -2.14. The zero-order valence-electron chi connectivity index (χ0n) is 15.8. The Bertz CT molecular complexity index is 983. The summed E-state index contributed by atoms with van der Waals surface area (Å²) < 4.78 is 45.5. The molecule has 0 aliphatic carbocycles. The van der Waals surface area contributed by atoms with Crippen LogP contribution in [-0.4, -0.2) is 44.3 Å². The molecule has 162 valence electrons. The predicted octanol–water partition coefficient (Wildman–Crippen LogP) is 2.12. The molecule has 0 aliphatic rings. The standard InChI is InChI=1S/C19H20ClFN2O6S/c1-12(19(25)26)23-18(24)17(21)29-15-6-2-13(3-7-15)10-11-22-30(27,28)16-8-4-14(20)5-9-16/h2-9,12,17,22H,10-11H2,1H3,(H,23,24)(H,25,26). The topological polar surface area (TPSA) is 122 Å². The third kappa shape index (κ3) is 6.97.